The number of carbonyl (C=O) groups excluding carboxylic acids is 2. The van der Waals surface area contributed by atoms with Crippen molar-refractivity contribution in [2.24, 2.45) is 0 Å². The second-order valence-electron chi connectivity index (χ2n) is 5.75. The maximum Gasteiger partial charge on any atom is 0.410 e. The molecular formula is C13H24N2O4. The summed E-state index contributed by atoms with van der Waals surface area (Å²) < 4.78 is 5.35. The minimum atomic E-state index is -0.516. The summed E-state index contributed by atoms with van der Waals surface area (Å²) in [7, 11) is 3.01. The van der Waals surface area contributed by atoms with Crippen molar-refractivity contribution in [3.8, 4) is 0 Å². The molecule has 0 radical (unpaired) electrons. The molecule has 1 fully saturated rings. The van der Waals surface area contributed by atoms with Gasteiger partial charge < -0.3 is 9.64 Å². The van der Waals surface area contributed by atoms with Gasteiger partial charge in [0.05, 0.1) is 7.11 Å². The minimum absolute atomic E-state index is 0.0973. The zero-order chi connectivity index (χ0) is 14.6. The number of nitrogens with zero attached hydrogens (tertiary/aromatic N) is 2. The molecule has 1 rings (SSSR count). The van der Waals surface area contributed by atoms with E-state index in [2.05, 4.69) is 0 Å². The highest BCUT2D eigenvalue weighted by Gasteiger charge is 2.33. The van der Waals surface area contributed by atoms with E-state index in [0.717, 1.165) is 12.8 Å². The second-order valence-corrected chi connectivity index (χ2v) is 5.75. The highest BCUT2D eigenvalue weighted by molar-refractivity contribution is 5.77. The van der Waals surface area contributed by atoms with Crippen LogP contribution in [-0.2, 0) is 14.4 Å². The molecule has 0 bridgehead atoms. The molecule has 1 aliphatic heterocycles. The third kappa shape index (κ3) is 4.70. The Morgan fingerprint density at radius 3 is 2.53 bits per heavy atom. The lowest BCUT2D eigenvalue weighted by molar-refractivity contribution is -0.169. The van der Waals surface area contributed by atoms with Gasteiger partial charge in [-0.2, -0.15) is 0 Å². The largest absolute Gasteiger partial charge is 0.444 e. The topological polar surface area (TPSA) is 59.1 Å². The predicted molar refractivity (Wildman–Crippen MR) is 70.4 cm³/mol. The molecule has 110 valence electrons. The van der Waals surface area contributed by atoms with Crippen LogP contribution in [0.3, 0.4) is 0 Å². The van der Waals surface area contributed by atoms with Gasteiger partial charge in [-0.1, -0.05) is 0 Å². The van der Waals surface area contributed by atoms with E-state index in [1.54, 1.807) is 11.9 Å². The molecule has 0 aliphatic carbocycles. The van der Waals surface area contributed by atoms with E-state index in [0.29, 0.717) is 6.54 Å². The third-order valence-electron chi connectivity index (χ3n) is 3.04. The highest BCUT2D eigenvalue weighted by atomic mass is 16.7. The molecule has 1 atom stereocenters. The fourth-order valence-corrected chi connectivity index (χ4v) is 2.04. The predicted octanol–water partition coefficient (Wildman–Crippen LogP) is 1.80. The summed E-state index contributed by atoms with van der Waals surface area (Å²) in [5.41, 5.74) is -0.516. The van der Waals surface area contributed by atoms with Crippen LogP contribution in [0, 0.1) is 0 Å². The van der Waals surface area contributed by atoms with Crippen molar-refractivity contribution in [1.82, 2.24) is 9.96 Å². The van der Waals surface area contributed by atoms with E-state index >= 15 is 0 Å². The van der Waals surface area contributed by atoms with E-state index in [1.807, 2.05) is 20.8 Å². The number of carbonyl (C=O) groups is 2. The zero-order valence-corrected chi connectivity index (χ0v) is 12.4. The van der Waals surface area contributed by atoms with Gasteiger partial charge in [-0.25, -0.2) is 9.86 Å². The van der Waals surface area contributed by atoms with Gasteiger partial charge in [0.25, 0.3) is 0 Å². The Morgan fingerprint density at radius 1 is 1.37 bits per heavy atom. The molecule has 0 aromatic heterocycles. The number of amides is 2. The van der Waals surface area contributed by atoms with Crippen LogP contribution < -0.4 is 0 Å². The SMILES string of the molecule is CON(C)C(=O)CC1CCCN1C(=O)OC(C)(C)C. The summed E-state index contributed by atoms with van der Waals surface area (Å²) in [5.74, 6) is -0.136. The van der Waals surface area contributed by atoms with Crippen LogP contribution in [-0.4, -0.2) is 54.3 Å². The van der Waals surface area contributed by atoms with E-state index in [1.165, 1.54) is 12.2 Å². The van der Waals surface area contributed by atoms with Gasteiger partial charge in [0.2, 0.25) is 5.91 Å². The van der Waals surface area contributed by atoms with Crippen molar-refractivity contribution in [3.63, 3.8) is 0 Å². The molecule has 0 aromatic carbocycles. The Morgan fingerprint density at radius 2 is 2.00 bits per heavy atom. The van der Waals surface area contributed by atoms with Crippen molar-refractivity contribution in [1.29, 1.82) is 0 Å². The first kappa shape index (κ1) is 15.8. The molecule has 0 spiro atoms. The lowest BCUT2D eigenvalue weighted by atomic mass is 10.1. The zero-order valence-electron chi connectivity index (χ0n) is 12.4. The fourth-order valence-electron chi connectivity index (χ4n) is 2.04. The van der Waals surface area contributed by atoms with Crippen molar-refractivity contribution in [2.75, 3.05) is 20.7 Å². The third-order valence-corrected chi connectivity index (χ3v) is 3.04. The Kier molecular flexibility index (Phi) is 5.17. The normalized spacial score (nSPS) is 19.4. The molecule has 19 heavy (non-hydrogen) atoms. The number of hydroxylamine groups is 2. The van der Waals surface area contributed by atoms with Crippen molar-refractivity contribution in [2.45, 2.75) is 51.7 Å². The molecule has 0 saturated carbocycles. The first-order valence-corrected chi connectivity index (χ1v) is 6.55. The first-order chi connectivity index (χ1) is 8.74. The molecule has 0 aromatic rings. The van der Waals surface area contributed by atoms with Gasteiger partial charge in [-0.15, -0.1) is 0 Å². The lowest BCUT2D eigenvalue weighted by Crippen LogP contribution is -2.42. The molecule has 1 aliphatic rings. The van der Waals surface area contributed by atoms with Crippen LogP contribution in [0.1, 0.15) is 40.0 Å². The Hall–Kier alpha value is -1.30. The Balaban J connectivity index is 2.59. The van der Waals surface area contributed by atoms with Gasteiger partial charge >= 0.3 is 6.09 Å². The maximum atomic E-state index is 12.0. The highest BCUT2D eigenvalue weighted by Crippen LogP contribution is 2.23. The van der Waals surface area contributed by atoms with Gasteiger partial charge in [-0.3, -0.25) is 9.63 Å². The summed E-state index contributed by atoms with van der Waals surface area (Å²) in [4.78, 5) is 30.3. The molecular weight excluding hydrogens is 248 g/mol. The molecule has 6 heteroatoms. The van der Waals surface area contributed by atoms with Crippen LogP contribution >= 0.6 is 0 Å². The fraction of sp³-hybridized carbons (Fsp3) is 0.846. The van der Waals surface area contributed by atoms with Crippen molar-refractivity contribution >= 4 is 12.0 Å². The number of likely N-dealkylation sites (tertiary alicyclic amines) is 1. The van der Waals surface area contributed by atoms with E-state index < -0.39 is 5.60 Å². The molecule has 1 unspecified atom stereocenters. The molecule has 6 nitrogen and oxygen atoms in total. The van der Waals surface area contributed by atoms with Gasteiger partial charge in [0.1, 0.15) is 5.60 Å². The molecule has 1 saturated heterocycles. The Labute approximate surface area is 114 Å². The monoisotopic (exact) mass is 272 g/mol. The van der Waals surface area contributed by atoms with E-state index in [9.17, 15) is 9.59 Å². The number of hydrogen-bond donors (Lipinski definition) is 0. The smallest absolute Gasteiger partial charge is 0.410 e. The summed E-state index contributed by atoms with van der Waals surface area (Å²) in [6.45, 7) is 6.14. The van der Waals surface area contributed by atoms with Gasteiger partial charge in [0.15, 0.2) is 0 Å². The molecule has 1 heterocycles. The van der Waals surface area contributed by atoms with Crippen LogP contribution in [0.5, 0.6) is 0 Å². The van der Waals surface area contributed by atoms with Gasteiger partial charge in [-0.05, 0) is 33.6 Å². The summed E-state index contributed by atoms with van der Waals surface area (Å²) >= 11 is 0. The van der Waals surface area contributed by atoms with Crippen LogP contribution in [0.25, 0.3) is 0 Å². The van der Waals surface area contributed by atoms with Crippen molar-refractivity contribution in [3.05, 3.63) is 0 Å². The molecule has 0 N–H and O–H groups in total. The van der Waals surface area contributed by atoms with Crippen LogP contribution in [0.2, 0.25) is 0 Å². The lowest BCUT2D eigenvalue weighted by Gasteiger charge is -2.29. The summed E-state index contributed by atoms with van der Waals surface area (Å²) in [6, 6.07) is -0.0973. The van der Waals surface area contributed by atoms with E-state index in [-0.39, 0.29) is 24.5 Å². The van der Waals surface area contributed by atoms with Crippen LogP contribution in [0.4, 0.5) is 4.79 Å². The number of ether oxygens (including phenoxy) is 1. The average molecular weight is 272 g/mol. The standard InChI is InChI=1S/C13H24N2O4/c1-13(2,3)19-12(17)15-8-6-7-10(15)9-11(16)14(4)18-5/h10H,6-9H2,1-5H3. The summed E-state index contributed by atoms with van der Waals surface area (Å²) in [6.07, 6.45) is 1.64. The van der Waals surface area contributed by atoms with Crippen molar-refractivity contribution < 1.29 is 19.2 Å². The van der Waals surface area contributed by atoms with Gasteiger partial charge in [0, 0.05) is 26.1 Å². The summed E-state index contributed by atoms with van der Waals surface area (Å²) in [5, 5.41) is 1.19. The quantitative estimate of drug-likeness (QED) is 0.735. The molecule has 2 amide bonds. The number of hydrogen-bond acceptors (Lipinski definition) is 4. The van der Waals surface area contributed by atoms with Crippen LogP contribution in [0.15, 0.2) is 0 Å². The van der Waals surface area contributed by atoms with E-state index in [4.69, 9.17) is 9.57 Å². The maximum absolute atomic E-state index is 12.0. The Bertz CT molecular complexity index is 338. The first-order valence-electron chi connectivity index (χ1n) is 6.55. The number of rotatable bonds is 3. The average Bonchev–Trinajstić information content (AvgIpc) is 2.73. The minimum Gasteiger partial charge on any atom is -0.444 e. The second kappa shape index (κ2) is 6.23.